The maximum atomic E-state index is 6.08. The van der Waals surface area contributed by atoms with Gasteiger partial charge in [0.15, 0.2) is 0 Å². The molecule has 1 fully saturated rings. The Kier molecular flexibility index (Phi) is 4.08. The van der Waals surface area contributed by atoms with Crippen LogP contribution in [0.15, 0.2) is 28.9 Å². The van der Waals surface area contributed by atoms with Crippen LogP contribution in [-0.4, -0.2) is 24.7 Å². The van der Waals surface area contributed by atoms with Crippen LogP contribution in [0.5, 0.6) is 0 Å². The van der Waals surface area contributed by atoms with Gasteiger partial charge >= 0.3 is 0 Å². The van der Waals surface area contributed by atoms with Crippen LogP contribution in [0.4, 0.5) is 11.4 Å². The van der Waals surface area contributed by atoms with Crippen molar-refractivity contribution in [3.8, 4) is 0 Å². The van der Waals surface area contributed by atoms with Crippen LogP contribution in [0.25, 0.3) is 10.9 Å². The van der Waals surface area contributed by atoms with Crippen LogP contribution in [0.2, 0.25) is 0 Å². The summed E-state index contributed by atoms with van der Waals surface area (Å²) in [6, 6.07) is 6.08. The standard InChI is InChI=1S/C15H18BrN3O/c16-11-1-2-12-14(7-11)18-9-13(17)15(12)19-8-10-3-5-20-6-4-10/h1-2,7,9-10H,3-6,8,17H2,(H,18,19). The Balaban J connectivity index is 1.84. The van der Waals surface area contributed by atoms with Crippen molar-refractivity contribution in [1.29, 1.82) is 0 Å². The summed E-state index contributed by atoms with van der Waals surface area (Å²) in [7, 11) is 0. The number of aromatic nitrogens is 1. The average Bonchev–Trinajstić information content (AvgIpc) is 2.47. The van der Waals surface area contributed by atoms with E-state index in [1.165, 1.54) is 0 Å². The molecule has 3 N–H and O–H groups in total. The Hall–Kier alpha value is -1.33. The first-order chi connectivity index (χ1) is 9.74. The van der Waals surface area contributed by atoms with Gasteiger partial charge in [0.05, 0.1) is 23.1 Å². The molecule has 4 nitrogen and oxygen atoms in total. The highest BCUT2D eigenvalue weighted by Crippen LogP contribution is 2.30. The number of pyridine rings is 1. The molecule has 1 aromatic heterocycles. The number of rotatable bonds is 3. The lowest BCUT2D eigenvalue weighted by atomic mass is 10.00. The highest BCUT2D eigenvalue weighted by atomic mass is 79.9. The van der Waals surface area contributed by atoms with Gasteiger partial charge in [-0.1, -0.05) is 15.9 Å². The molecule has 20 heavy (non-hydrogen) atoms. The Bertz CT molecular complexity index is 611. The first-order valence-corrected chi connectivity index (χ1v) is 7.68. The molecule has 0 atom stereocenters. The normalized spacial score (nSPS) is 16.4. The van der Waals surface area contributed by atoms with Crippen molar-refractivity contribution >= 4 is 38.2 Å². The van der Waals surface area contributed by atoms with Crippen LogP contribution >= 0.6 is 15.9 Å². The summed E-state index contributed by atoms with van der Waals surface area (Å²) in [5.41, 5.74) is 8.72. The predicted molar refractivity (Wildman–Crippen MR) is 85.9 cm³/mol. The van der Waals surface area contributed by atoms with Gasteiger partial charge in [-0.05, 0) is 37.0 Å². The molecule has 0 amide bonds. The topological polar surface area (TPSA) is 60.2 Å². The Morgan fingerprint density at radius 3 is 2.95 bits per heavy atom. The first kappa shape index (κ1) is 13.6. The molecule has 0 radical (unpaired) electrons. The summed E-state index contributed by atoms with van der Waals surface area (Å²) in [6.45, 7) is 2.67. The van der Waals surface area contributed by atoms with Crippen molar-refractivity contribution in [3.05, 3.63) is 28.9 Å². The zero-order chi connectivity index (χ0) is 13.9. The minimum absolute atomic E-state index is 0.654. The van der Waals surface area contributed by atoms with E-state index in [0.29, 0.717) is 11.6 Å². The van der Waals surface area contributed by atoms with E-state index in [-0.39, 0.29) is 0 Å². The van der Waals surface area contributed by atoms with Gasteiger partial charge in [0.1, 0.15) is 0 Å². The summed E-state index contributed by atoms with van der Waals surface area (Å²) in [4.78, 5) is 4.38. The number of nitrogens with zero attached hydrogens (tertiary/aromatic N) is 1. The second-order valence-corrected chi connectivity index (χ2v) is 6.10. The quantitative estimate of drug-likeness (QED) is 0.902. The second kappa shape index (κ2) is 5.97. The molecule has 1 aliphatic rings. The summed E-state index contributed by atoms with van der Waals surface area (Å²) >= 11 is 3.47. The van der Waals surface area contributed by atoms with E-state index in [1.54, 1.807) is 6.20 Å². The number of nitrogens with one attached hydrogen (secondary N) is 1. The van der Waals surface area contributed by atoms with Crippen LogP contribution < -0.4 is 11.1 Å². The highest BCUT2D eigenvalue weighted by Gasteiger charge is 2.15. The van der Waals surface area contributed by atoms with E-state index in [2.05, 4.69) is 32.3 Å². The maximum Gasteiger partial charge on any atom is 0.0743 e. The van der Waals surface area contributed by atoms with Crippen molar-refractivity contribution in [2.45, 2.75) is 12.8 Å². The molecule has 1 saturated heterocycles. The Labute approximate surface area is 126 Å². The predicted octanol–water partition coefficient (Wildman–Crippen LogP) is 3.42. The average molecular weight is 336 g/mol. The van der Waals surface area contributed by atoms with Crippen LogP contribution in [0.3, 0.4) is 0 Å². The minimum Gasteiger partial charge on any atom is -0.396 e. The van der Waals surface area contributed by atoms with Gasteiger partial charge in [0.25, 0.3) is 0 Å². The maximum absolute atomic E-state index is 6.08. The molecule has 0 spiro atoms. The number of halogens is 1. The van der Waals surface area contributed by atoms with Gasteiger partial charge in [0, 0.05) is 29.6 Å². The lowest BCUT2D eigenvalue weighted by Gasteiger charge is -2.23. The smallest absolute Gasteiger partial charge is 0.0743 e. The number of nitrogen functional groups attached to an aromatic ring is 1. The molecule has 2 heterocycles. The van der Waals surface area contributed by atoms with Crippen molar-refractivity contribution in [2.24, 2.45) is 5.92 Å². The highest BCUT2D eigenvalue weighted by molar-refractivity contribution is 9.10. The zero-order valence-corrected chi connectivity index (χ0v) is 12.8. The van der Waals surface area contributed by atoms with Crippen molar-refractivity contribution in [3.63, 3.8) is 0 Å². The van der Waals surface area contributed by atoms with Gasteiger partial charge in [-0.25, -0.2) is 0 Å². The number of hydrogen-bond acceptors (Lipinski definition) is 4. The van der Waals surface area contributed by atoms with Crippen LogP contribution in [-0.2, 0) is 4.74 Å². The minimum atomic E-state index is 0.654. The van der Waals surface area contributed by atoms with Crippen LogP contribution in [0.1, 0.15) is 12.8 Å². The van der Waals surface area contributed by atoms with Crippen LogP contribution in [0, 0.1) is 5.92 Å². The van der Waals surface area contributed by atoms with Gasteiger partial charge in [0.2, 0.25) is 0 Å². The third-order valence-corrected chi connectivity index (χ3v) is 4.26. The van der Waals surface area contributed by atoms with Gasteiger partial charge in [-0.3, -0.25) is 4.98 Å². The molecule has 106 valence electrons. The number of benzene rings is 1. The van der Waals surface area contributed by atoms with E-state index < -0.39 is 0 Å². The number of fused-ring (bicyclic) bond motifs is 1. The van der Waals surface area contributed by atoms with E-state index >= 15 is 0 Å². The number of anilines is 2. The first-order valence-electron chi connectivity index (χ1n) is 6.89. The second-order valence-electron chi connectivity index (χ2n) is 5.19. The molecule has 0 bridgehead atoms. The van der Waals surface area contributed by atoms with Gasteiger partial charge in [-0.2, -0.15) is 0 Å². The Morgan fingerprint density at radius 1 is 1.35 bits per heavy atom. The molecule has 2 aromatic rings. The fourth-order valence-corrected chi connectivity index (χ4v) is 2.93. The van der Waals surface area contributed by atoms with Gasteiger partial charge < -0.3 is 15.8 Å². The molecule has 0 saturated carbocycles. The summed E-state index contributed by atoms with van der Waals surface area (Å²) < 4.78 is 6.42. The molecular formula is C15H18BrN3O. The monoisotopic (exact) mass is 335 g/mol. The summed E-state index contributed by atoms with van der Waals surface area (Å²) in [5.74, 6) is 0.654. The lowest BCUT2D eigenvalue weighted by Crippen LogP contribution is -2.23. The summed E-state index contributed by atoms with van der Waals surface area (Å²) in [5, 5.41) is 4.58. The molecule has 3 rings (SSSR count). The third kappa shape index (κ3) is 2.88. The molecular weight excluding hydrogens is 318 g/mol. The number of nitrogens with two attached hydrogens (primary N) is 1. The zero-order valence-electron chi connectivity index (χ0n) is 11.2. The molecule has 5 heteroatoms. The van der Waals surface area contributed by atoms with E-state index in [4.69, 9.17) is 10.5 Å². The Morgan fingerprint density at radius 2 is 2.15 bits per heavy atom. The fourth-order valence-electron chi connectivity index (χ4n) is 2.58. The van der Waals surface area contributed by atoms with Crippen molar-refractivity contribution in [1.82, 2.24) is 4.98 Å². The fraction of sp³-hybridized carbons (Fsp3) is 0.400. The molecule has 1 aromatic carbocycles. The third-order valence-electron chi connectivity index (χ3n) is 3.77. The van der Waals surface area contributed by atoms with Crippen molar-refractivity contribution < 1.29 is 4.74 Å². The number of hydrogen-bond donors (Lipinski definition) is 2. The van der Waals surface area contributed by atoms with E-state index in [0.717, 1.165) is 53.7 Å². The SMILES string of the molecule is Nc1cnc2cc(Br)ccc2c1NCC1CCOCC1. The summed E-state index contributed by atoms with van der Waals surface area (Å²) in [6.07, 6.45) is 3.95. The van der Waals surface area contributed by atoms with E-state index in [1.807, 2.05) is 12.1 Å². The van der Waals surface area contributed by atoms with Gasteiger partial charge in [-0.15, -0.1) is 0 Å². The molecule has 0 aliphatic carbocycles. The molecule has 1 aliphatic heterocycles. The largest absolute Gasteiger partial charge is 0.396 e. The molecule has 0 unspecified atom stereocenters. The lowest BCUT2D eigenvalue weighted by molar-refractivity contribution is 0.0699. The van der Waals surface area contributed by atoms with Crippen molar-refractivity contribution in [2.75, 3.05) is 30.8 Å². The number of ether oxygens (including phenoxy) is 1. The van der Waals surface area contributed by atoms with E-state index in [9.17, 15) is 0 Å².